The van der Waals surface area contributed by atoms with Gasteiger partial charge in [-0.25, -0.2) is 0 Å². The second-order valence-electron chi connectivity index (χ2n) is 5.46. The Bertz CT molecular complexity index is 416. The van der Waals surface area contributed by atoms with Crippen LogP contribution in [0.1, 0.15) is 25.3 Å². The summed E-state index contributed by atoms with van der Waals surface area (Å²) in [5, 5.41) is 0. The second-order valence-corrected chi connectivity index (χ2v) is 5.46. The first-order valence-electron chi connectivity index (χ1n) is 6.71. The molecule has 18 heavy (non-hydrogen) atoms. The van der Waals surface area contributed by atoms with Gasteiger partial charge in [0.1, 0.15) is 0 Å². The first-order chi connectivity index (χ1) is 8.64. The molecule has 0 saturated carbocycles. The molecule has 0 saturated heterocycles. The number of allylic oxidation sites excluding steroid dienone is 4. The summed E-state index contributed by atoms with van der Waals surface area (Å²) >= 11 is 0. The summed E-state index contributed by atoms with van der Waals surface area (Å²) in [4.78, 5) is 2.29. The zero-order chi connectivity index (χ0) is 13.0. The number of nitrogens with zero attached hydrogens (tertiary/aromatic N) is 1. The van der Waals surface area contributed by atoms with Gasteiger partial charge in [-0.3, -0.25) is 0 Å². The van der Waals surface area contributed by atoms with Crippen molar-refractivity contribution in [3.05, 3.63) is 60.2 Å². The first-order valence-corrected chi connectivity index (χ1v) is 6.71. The molecule has 0 spiro atoms. The van der Waals surface area contributed by atoms with E-state index in [1.165, 1.54) is 5.56 Å². The summed E-state index contributed by atoms with van der Waals surface area (Å²) in [5.41, 5.74) is 1.47. The lowest BCUT2D eigenvalue weighted by molar-refractivity contribution is 0.275. The number of hydrogen-bond acceptors (Lipinski definition) is 1. The summed E-state index contributed by atoms with van der Waals surface area (Å²) in [7, 11) is 4.30. The minimum absolute atomic E-state index is 0.0726. The van der Waals surface area contributed by atoms with Crippen LogP contribution in [0.5, 0.6) is 0 Å². The van der Waals surface area contributed by atoms with Crippen LogP contribution in [0.3, 0.4) is 0 Å². The predicted octanol–water partition coefficient (Wildman–Crippen LogP) is 3.78. The standard InChI is InChI=1S/C17H23N/c1-15(18(2)3)14-17(12-8-5-9-13-17)16-10-6-4-7-11-16/h4,6-13,15H,5,14H2,1-3H3/t15-/m0/s1. The normalized spacial score (nSPS) is 19.1. The molecule has 0 aliphatic heterocycles. The van der Waals surface area contributed by atoms with Gasteiger partial charge in [-0.1, -0.05) is 54.6 Å². The lowest BCUT2D eigenvalue weighted by Crippen LogP contribution is -2.34. The van der Waals surface area contributed by atoms with Gasteiger partial charge >= 0.3 is 0 Å². The predicted molar refractivity (Wildman–Crippen MR) is 78.8 cm³/mol. The zero-order valence-electron chi connectivity index (χ0n) is 11.6. The molecular formula is C17H23N. The highest BCUT2D eigenvalue weighted by atomic mass is 15.1. The lowest BCUT2D eigenvalue weighted by atomic mass is 9.73. The van der Waals surface area contributed by atoms with Crippen LogP contribution in [0.25, 0.3) is 0 Å². The molecule has 0 radical (unpaired) electrons. The van der Waals surface area contributed by atoms with Crippen LogP contribution in [0, 0.1) is 0 Å². The Labute approximate surface area is 111 Å². The molecule has 0 fully saturated rings. The van der Waals surface area contributed by atoms with Gasteiger partial charge in [0.25, 0.3) is 0 Å². The van der Waals surface area contributed by atoms with E-state index in [0.717, 1.165) is 12.8 Å². The van der Waals surface area contributed by atoms with Gasteiger partial charge in [0.05, 0.1) is 0 Å². The van der Waals surface area contributed by atoms with Crippen LogP contribution in [0.2, 0.25) is 0 Å². The van der Waals surface area contributed by atoms with E-state index in [1.54, 1.807) is 0 Å². The van der Waals surface area contributed by atoms with Crippen LogP contribution < -0.4 is 0 Å². The van der Waals surface area contributed by atoms with Crippen molar-refractivity contribution in [2.24, 2.45) is 0 Å². The minimum atomic E-state index is 0.0726. The highest BCUT2D eigenvalue weighted by Gasteiger charge is 2.29. The van der Waals surface area contributed by atoms with Crippen LogP contribution in [0.4, 0.5) is 0 Å². The molecule has 1 aliphatic rings. The third-order valence-electron chi connectivity index (χ3n) is 3.93. The van der Waals surface area contributed by atoms with Crippen LogP contribution >= 0.6 is 0 Å². The van der Waals surface area contributed by atoms with Gasteiger partial charge in [-0.2, -0.15) is 0 Å². The van der Waals surface area contributed by atoms with Crippen molar-refractivity contribution in [1.29, 1.82) is 0 Å². The maximum atomic E-state index is 2.38. The maximum Gasteiger partial charge on any atom is 0.0327 e. The molecular weight excluding hydrogens is 218 g/mol. The van der Waals surface area contributed by atoms with Crippen molar-refractivity contribution >= 4 is 0 Å². The fourth-order valence-corrected chi connectivity index (χ4v) is 2.56. The topological polar surface area (TPSA) is 3.24 Å². The fraction of sp³-hybridized carbons (Fsp3) is 0.412. The third kappa shape index (κ3) is 2.73. The van der Waals surface area contributed by atoms with E-state index >= 15 is 0 Å². The molecule has 1 aliphatic carbocycles. The number of rotatable bonds is 4. The third-order valence-corrected chi connectivity index (χ3v) is 3.93. The van der Waals surface area contributed by atoms with E-state index < -0.39 is 0 Å². The molecule has 0 unspecified atom stereocenters. The monoisotopic (exact) mass is 241 g/mol. The molecule has 1 heteroatoms. The van der Waals surface area contributed by atoms with E-state index in [9.17, 15) is 0 Å². The van der Waals surface area contributed by atoms with E-state index in [-0.39, 0.29) is 5.41 Å². The SMILES string of the molecule is C[C@@H](CC1(c2ccccc2)C=CCC=C1)N(C)C. The Hall–Kier alpha value is -1.34. The van der Waals surface area contributed by atoms with Crippen molar-refractivity contribution in [3.8, 4) is 0 Å². The molecule has 0 aromatic heterocycles. The quantitative estimate of drug-likeness (QED) is 0.725. The van der Waals surface area contributed by atoms with Crippen molar-refractivity contribution < 1.29 is 0 Å². The zero-order valence-corrected chi connectivity index (χ0v) is 11.6. The molecule has 96 valence electrons. The second kappa shape index (κ2) is 5.53. The Balaban J connectivity index is 2.33. The molecule has 2 rings (SSSR count). The number of benzene rings is 1. The molecule has 1 aromatic rings. The Kier molecular flexibility index (Phi) is 4.03. The molecule has 0 amide bonds. The van der Waals surface area contributed by atoms with E-state index in [4.69, 9.17) is 0 Å². The molecule has 0 heterocycles. The number of hydrogen-bond donors (Lipinski definition) is 0. The van der Waals surface area contributed by atoms with Crippen molar-refractivity contribution in [2.75, 3.05) is 14.1 Å². The minimum Gasteiger partial charge on any atom is -0.307 e. The summed E-state index contributed by atoms with van der Waals surface area (Å²) < 4.78 is 0. The average Bonchev–Trinajstić information content (AvgIpc) is 2.40. The van der Waals surface area contributed by atoms with Crippen LogP contribution in [0.15, 0.2) is 54.6 Å². The van der Waals surface area contributed by atoms with E-state index in [1.807, 2.05) is 0 Å². The Morgan fingerprint density at radius 3 is 2.28 bits per heavy atom. The van der Waals surface area contributed by atoms with Gasteiger partial charge in [0.15, 0.2) is 0 Å². The molecule has 0 N–H and O–H groups in total. The van der Waals surface area contributed by atoms with Gasteiger partial charge in [0.2, 0.25) is 0 Å². The largest absolute Gasteiger partial charge is 0.307 e. The smallest absolute Gasteiger partial charge is 0.0327 e. The summed E-state index contributed by atoms with van der Waals surface area (Å²) in [5.74, 6) is 0. The fourth-order valence-electron chi connectivity index (χ4n) is 2.56. The van der Waals surface area contributed by atoms with Gasteiger partial charge < -0.3 is 4.90 Å². The van der Waals surface area contributed by atoms with Gasteiger partial charge in [-0.15, -0.1) is 0 Å². The van der Waals surface area contributed by atoms with Gasteiger partial charge in [0, 0.05) is 11.5 Å². The highest BCUT2D eigenvalue weighted by Crippen LogP contribution is 2.35. The summed E-state index contributed by atoms with van der Waals surface area (Å²) in [6.07, 6.45) is 11.5. The van der Waals surface area contributed by atoms with Crippen LogP contribution in [-0.2, 0) is 5.41 Å². The molecule has 1 nitrogen and oxygen atoms in total. The van der Waals surface area contributed by atoms with E-state index in [0.29, 0.717) is 6.04 Å². The van der Waals surface area contributed by atoms with Crippen molar-refractivity contribution in [1.82, 2.24) is 4.90 Å². The van der Waals surface area contributed by atoms with Gasteiger partial charge in [-0.05, 0) is 39.4 Å². The molecule has 1 aromatic carbocycles. The Morgan fingerprint density at radius 1 is 1.11 bits per heavy atom. The maximum absolute atomic E-state index is 2.38. The molecule has 1 atom stereocenters. The Morgan fingerprint density at radius 2 is 1.72 bits per heavy atom. The van der Waals surface area contributed by atoms with E-state index in [2.05, 4.69) is 80.6 Å². The van der Waals surface area contributed by atoms with Crippen molar-refractivity contribution in [2.45, 2.75) is 31.2 Å². The van der Waals surface area contributed by atoms with Crippen LogP contribution in [-0.4, -0.2) is 25.0 Å². The molecule has 0 bridgehead atoms. The summed E-state index contributed by atoms with van der Waals surface area (Å²) in [6, 6.07) is 11.4. The lowest BCUT2D eigenvalue weighted by Gasteiger charge is -2.35. The van der Waals surface area contributed by atoms with Crippen molar-refractivity contribution in [3.63, 3.8) is 0 Å². The highest BCUT2D eigenvalue weighted by molar-refractivity contribution is 5.39. The first kappa shape index (κ1) is 13.1. The summed E-state index contributed by atoms with van der Waals surface area (Å²) in [6.45, 7) is 2.29. The average molecular weight is 241 g/mol.